The highest BCUT2D eigenvalue weighted by molar-refractivity contribution is 7.89. The van der Waals surface area contributed by atoms with Crippen LogP contribution in [0, 0.1) is 0 Å². The van der Waals surface area contributed by atoms with Gasteiger partial charge in [0.1, 0.15) is 5.69 Å². The molecule has 98 valence electrons. The Morgan fingerprint density at radius 3 is 2.58 bits per heavy atom. The molecule has 2 aromatic carbocycles. The maximum absolute atomic E-state index is 11.4. The molecule has 0 radical (unpaired) electrons. The Balaban J connectivity index is 2.16. The number of nitrogens with one attached hydrogen (secondary N) is 1. The molecule has 0 spiro atoms. The Bertz CT molecular complexity index is 772. The Morgan fingerprint density at radius 2 is 1.84 bits per heavy atom. The summed E-state index contributed by atoms with van der Waals surface area (Å²) in [5.74, 6) is 0.934. The molecular formula is C12H11N3O3S. The molecule has 0 bridgehead atoms. The van der Waals surface area contributed by atoms with Crippen LogP contribution in [0.1, 0.15) is 0 Å². The zero-order valence-electron chi connectivity index (χ0n) is 9.75. The summed E-state index contributed by atoms with van der Waals surface area (Å²) in [4.78, 5) is -0.0788. The zero-order chi connectivity index (χ0) is 13.6. The van der Waals surface area contributed by atoms with Crippen LogP contribution >= 0.6 is 0 Å². The van der Waals surface area contributed by atoms with E-state index in [4.69, 9.17) is 15.6 Å². The highest BCUT2D eigenvalue weighted by atomic mass is 32.2. The smallest absolute Gasteiger partial charge is 0.238 e. The highest BCUT2D eigenvalue weighted by Crippen LogP contribution is 2.45. The molecule has 6 nitrogen and oxygen atoms in total. The van der Waals surface area contributed by atoms with Crippen molar-refractivity contribution in [3.8, 4) is 11.5 Å². The predicted octanol–water partition coefficient (Wildman–Crippen LogP) is 1.77. The summed E-state index contributed by atoms with van der Waals surface area (Å²) >= 11 is 0. The van der Waals surface area contributed by atoms with Gasteiger partial charge in [0, 0.05) is 6.07 Å². The zero-order valence-corrected chi connectivity index (χ0v) is 10.6. The maximum atomic E-state index is 11.4. The molecule has 0 unspecified atom stereocenters. The second-order valence-corrected chi connectivity index (χ2v) is 5.72. The average Bonchev–Trinajstić information content (AvgIpc) is 2.35. The highest BCUT2D eigenvalue weighted by Gasteiger charge is 2.21. The number of benzene rings is 2. The molecule has 1 aliphatic rings. The first-order chi connectivity index (χ1) is 8.95. The summed E-state index contributed by atoms with van der Waals surface area (Å²) < 4.78 is 28.4. The van der Waals surface area contributed by atoms with E-state index in [1.807, 2.05) is 18.2 Å². The molecule has 1 heterocycles. The van der Waals surface area contributed by atoms with E-state index in [1.165, 1.54) is 12.1 Å². The summed E-state index contributed by atoms with van der Waals surface area (Å²) in [6, 6.07) is 9.94. The number of para-hydroxylation sites is 2. The van der Waals surface area contributed by atoms with E-state index in [2.05, 4.69) is 5.32 Å². The third-order valence-electron chi connectivity index (χ3n) is 2.80. The molecule has 5 N–H and O–H groups in total. The molecule has 0 amide bonds. The predicted molar refractivity (Wildman–Crippen MR) is 72.0 cm³/mol. The molecular weight excluding hydrogens is 266 g/mol. The van der Waals surface area contributed by atoms with Crippen LogP contribution < -0.4 is 20.9 Å². The van der Waals surface area contributed by atoms with Gasteiger partial charge < -0.3 is 15.8 Å². The van der Waals surface area contributed by atoms with Crippen molar-refractivity contribution >= 4 is 27.1 Å². The first-order valence-electron chi connectivity index (χ1n) is 5.45. The first-order valence-corrected chi connectivity index (χ1v) is 7.00. The molecule has 1 aliphatic heterocycles. The molecule has 0 aromatic heterocycles. The van der Waals surface area contributed by atoms with Gasteiger partial charge in [-0.3, -0.25) is 0 Å². The fourth-order valence-electron chi connectivity index (χ4n) is 1.90. The van der Waals surface area contributed by atoms with Gasteiger partial charge in [0.25, 0.3) is 0 Å². The van der Waals surface area contributed by atoms with Gasteiger partial charge in [0.05, 0.1) is 16.3 Å². The van der Waals surface area contributed by atoms with Crippen LogP contribution in [-0.4, -0.2) is 8.42 Å². The van der Waals surface area contributed by atoms with Gasteiger partial charge in [0.2, 0.25) is 10.0 Å². The standard InChI is InChI=1S/C12H11N3O3S/c13-8-5-7(19(14,16)17)6-11-12(8)15-9-3-1-2-4-10(9)18-11/h1-6,15H,13H2,(H2,14,16,17). The van der Waals surface area contributed by atoms with Crippen molar-refractivity contribution in [2.24, 2.45) is 5.14 Å². The average molecular weight is 277 g/mol. The number of nitrogen functional groups attached to an aromatic ring is 1. The number of hydrogen-bond acceptors (Lipinski definition) is 5. The van der Waals surface area contributed by atoms with E-state index in [0.717, 1.165) is 5.69 Å². The summed E-state index contributed by atoms with van der Waals surface area (Å²) in [5.41, 5.74) is 7.40. The van der Waals surface area contributed by atoms with E-state index in [1.54, 1.807) is 6.07 Å². The first kappa shape index (κ1) is 11.8. The Morgan fingerprint density at radius 1 is 1.11 bits per heavy atom. The Hall–Kier alpha value is -2.25. The van der Waals surface area contributed by atoms with Crippen molar-refractivity contribution < 1.29 is 13.2 Å². The van der Waals surface area contributed by atoms with Crippen LogP contribution in [0.25, 0.3) is 0 Å². The lowest BCUT2D eigenvalue weighted by atomic mass is 10.2. The molecule has 3 rings (SSSR count). The van der Waals surface area contributed by atoms with Crippen molar-refractivity contribution in [3.05, 3.63) is 36.4 Å². The SMILES string of the molecule is Nc1cc(S(N)(=O)=O)cc2c1Nc1ccccc1O2. The van der Waals surface area contributed by atoms with Gasteiger partial charge in [-0.15, -0.1) is 0 Å². The molecule has 0 saturated heterocycles. The third kappa shape index (κ3) is 1.98. The van der Waals surface area contributed by atoms with Crippen LogP contribution in [0.5, 0.6) is 11.5 Å². The lowest BCUT2D eigenvalue weighted by Crippen LogP contribution is -2.14. The van der Waals surface area contributed by atoms with Crippen LogP contribution in [0.15, 0.2) is 41.3 Å². The van der Waals surface area contributed by atoms with Gasteiger partial charge in [-0.1, -0.05) is 12.1 Å². The number of nitrogens with two attached hydrogens (primary N) is 2. The number of anilines is 3. The van der Waals surface area contributed by atoms with Crippen molar-refractivity contribution in [2.75, 3.05) is 11.1 Å². The Labute approximate surface area is 110 Å². The van der Waals surface area contributed by atoms with Gasteiger partial charge in [-0.25, -0.2) is 13.6 Å². The summed E-state index contributed by atoms with van der Waals surface area (Å²) in [6.07, 6.45) is 0. The normalized spacial score (nSPS) is 12.9. The fourth-order valence-corrected chi connectivity index (χ4v) is 2.46. The molecule has 0 aliphatic carbocycles. The third-order valence-corrected chi connectivity index (χ3v) is 3.69. The van der Waals surface area contributed by atoms with E-state index in [-0.39, 0.29) is 10.6 Å². The van der Waals surface area contributed by atoms with Crippen molar-refractivity contribution in [1.82, 2.24) is 0 Å². The summed E-state index contributed by atoms with van der Waals surface area (Å²) in [7, 11) is -3.82. The van der Waals surface area contributed by atoms with Gasteiger partial charge in [0.15, 0.2) is 11.5 Å². The molecule has 0 saturated carbocycles. The van der Waals surface area contributed by atoms with Crippen LogP contribution in [0.4, 0.5) is 17.1 Å². The second kappa shape index (κ2) is 3.87. The van der Waals surface area contributed by atoms with Crippen LogP contribution in [-0.2, 0) is 10.0 Å². The number of sulfonamides is 1. The van der Waals surface area contributed by atoms with E-state index >= 15 is 0 Å². The molecule has 7 heteroatoms. The van der Waals surface area contributed by atoms with E-state index in [0.29, 0.717) is 17.2 Å². The van der Waals surface area contributed by atoms with E-state index < -0.39 is 10.0 Å². The number of hydrogen-bond donors (Lipinski definition) is 3. The molecule has 0 atom stereocenters. The lowest BCUT2D eigenvalue weighted by molar-refractivity contribution is 0.479. The quantitative estimate of drug-likeness (QED) is 0.587. The van der Waals surface area contributed by atoms with Crippen LogP contribution in [0.2, 0.25) is 0 Å². The monoisotopic (exact) mass is 277 g/mol. The molecule has 2 aromatic rings. The summed E-state index contributed by atoms with van der Waals surface area (Å²) in [6.45, 7) is 0. The topological polar surface area (TPSA) is 107 Å². The van der Waals surface area contributed by atoms with Crippen LogP contribution in [0.3, 0.4) is 0 Å². The van der Waals surface area contributed by atoms with Gasteiger partial charge >= 0.3 is 0 Å². The second-order valence-electron chi connectivity index (χ2n) is 4.15. The van der Waals surface area contributed by atoms with Gasteiger partial charge in [-0.05, 0) is 18.2 Å². The van der Waals surface area contributed by atoms with Crippen molar-refractivity contribution in [3.63, 3.8) is 0 Å². The minimum Gasteiger partial charge on any atom is -0.453 e. The largest absolute Gasteiger partial charge is 0.453 e. The molecule has 0 fully saturated rings. The number of primary sulfonamides is 1. The number of fused-ring (bicyclic) bond motifs is 2. The lowest BCUT2D eigenvalue weighted by Gasteiger charge is -2.23. The maximum Gasteiger partial charge on any atom is 0.238 e. The summed E-state index contributed by atoms with van der Waals surface area (Å²) in [5, 5.41) is 8.20. The number of rotatable bonds is 1. The fraction of sp³-hybridized carbons (Fsp3) is 0. The molecule has 19 heavy (non-hydrogen) atoms. The van der Waals surface area contributed by atoms with Crippen molar-refractivity contribution in [2.45, 2.75) is 4.90 Å². The van der Waals surface area contributed by atoms with E-state index in [9.17, 15) is 8.42 Å². The minimum absolute atomic E-state index is 0.0788. The van der Waals surface area contributed by atoms with Gasteiger partial charge in [-0.2, -0.15) is 0 Å². The minimum atomic E-state index is -3.82. The Kier molecular flexibility index (Phi) is 2.41. The van der Waals surface area contributed by atoms with Crippen molar-refractivity contribution in [1.29, 1.82) is 0 Å². The number of ether oxygens (including phenoxy) is 1.